The molecule has 1 aromatic rings. The van der Waals surface area contributed by atoms with Gasteiger partial charge in [0.2, 0.25) is 0 Å². The van der Waals surface area contributed by atoms with Crippen molar-refractivity contribution in [2.45, 2.75) is 19.4 Å². The first-order chi connectivity index (χ1) is 8.02. The van der Waals surface area contributed by atoms with E-state index in [0.717, 1.165) is 0 Å². The van der Waals surface area contributed by atoms with Gasteiger partial charge in [-0.05, 0) is 24.6 Å². The van der Waals surface area contributed by atoms with Gasteiger partial charge in [-0.15, -0.1) is 0 Å². The number of hydrogen-bond donors (Lipinski definition) is 1. The number of amides is 1. The van der Waals surface area contributed by atoms with Gasteiger partial charge in [-0.25, -0.2) is 9.18 Å². The van der Waals surface area contributed by atoms with Gasteiger partial charge in [0.05, 0.1) is 13.2 Å². The lowest BCUT2D eigenvalue weighted by Crippen LogP contribution is -2.29. The van der Waals surface area contributed by atoms with E-state index in [1.165, 1.54) is 32.2 Å². The van der Waals surface area contributed by atoms with E-state index in [1.807, 2.05) is 0 Å². The molecule has 17 heavy (non-hydrogen) atoms. The molecule has 0 aromatic heterocycles. The molecule has 0 saturated heterocycles. The summed E-state index contributed by atoms with van der Waals surface area (Å²) in [7, 11) is 1.23. The van der Waals surface area contributed by atoms with Gasteiger partial charge < -0.3 is 10.1 Å². The van der Waals surface area contributed by atoms with Gasteiger partial charge in [0.1, 0.15) is 11.6 Å². The predicted octanol–water partition coefficient (Wildman–Crippen LogP) is 2.20. The largest absolute Gasteiger partial charge is 0.453 e. The minimum atomic E-state index is -0.652. The highest BCUT2D eigenvalue weighted by molar-refractivity contribution is 5.77. The van der Waals surface area contributed by atoms with Gasteiger partial charge in [-0.3, -0.25) is 4.79 Å². The maximum atomic E-state index is 13.1. The van der Waals surface area contributed by atoms with Crippen LogP contribution in [0.15, 0.2) is 24.3 Å². The number of hydrogen-bond acceptors (Lipinski definition) is 3. The third kappa shape index (κ3) is 4.22. The average Bonchev–Trinajstić information content (AvgIpc) is 2.27. The average molecular weight is 239 g/mol. The van der Waals surface area contributed by atoms with E-state index in [0.29, 0.717) is 5.56 Å². The highest BCUT2D eigenvalue weighted by atomic mass is 19.1. The van der Waals surface area contributed by atoms with Gasteiger partial charge >= 0.3 is 6.09 Å². The summed E-state index contributed by atoms with van der Waals surface area (Å²) in [6.07, 6.45) is -0.557. The van der Waals surface area contributed by atoms with Crippen molar-refractivity contribution in [1.29, 1.82) is 0 Å². The first kappa shape index (κ1) is 13.2. The lowest BCUT2D eigenvalue weighted by Gasteiger charge is -2.17. The third-order valence-corrected chi connectivity index (χ3v) is 2.22. The Morgan fingerprint density at radius 2 is 2.18 bits per heavy atom. The number of rotatable bonds is 4. The normalized spacial score (nSPS) is 11.7. The molecular weight excluding hydrogens is 225 g/mol. The molecule has 1 rings (SSSR count). The quantitative estimate of drug-likeness (QED) is 0.876. The number of benzene rings is 1. The number of alkyl carbamates (subject to hydrolysis) is 1. The minimum Gasteiger partial charge on any atom is -0.453 e. The number of ketones is 1. The van der Waals surface area contributed by atoms with Crippen LogP contribution in [0, 0.1) is 5.82 Å². The summed E-state index contributed by atoms with van der Waals surface area (Å²) >= 11 is 0. The van der Waals surface area contributed by atoms with Crippen molar-refractivity contribution < 1.29 is 18.7 Å². The predicted molar refractivity (Wildman–Crippen MR) is 60.0 cm³/mol. The van der Waals surface area contributed by atoms with E-state index in [-0.39, 0.29) is 12.2 Å². The lowest BCUT2D eigenvalue weighted by molar-refractivity contribution is -0.117. The van der Waals surface area contributed by atoms with Crippen LogP contribution in [0.4, 0.5) is 9.18 Å². The third-order valence-electron chi connectivity index (χ3n) is 2.22. The molecular formula is C12H14FNO3. The van der Waals surface area contributed by atoms with E-state index in [9.17, 15) is 14.0 Å². The Morgan fingerprint density at radius 3 is 2.71 bits per heavy atom. The van der Waals surface area contributed by atoms with Crippen molar-refractivity contribution in [2.24, 2.45) is 0 Å². The van der Waals surface area contributed by atoms with Crippen LogP contribution in [0.5, 0.6) is 0 Å². The van der Waals surface area contributed by atoms with Crippen molar-refractivity contribution in [2.75, 3.05) is 7.11 Å². The number of Topliss-reactive ketones (excluding diaryl/α,β-unsaturated/α-hetero) is 1. The van der Waals surface area contributed by atoms with Crippen molar-refractivity contribution >= 4 is 11.9 Å². The molecule has 0 fully saturated rings. The van der Waals surface area contributed by atoms with E-state index >= 15 is 0 Å². The zero-order valence-corrected chi connectivity index (χ0v) is 9.70. The molecule has 0 aliphatic heterocycles. The maximum absolute atomic E-state index is 13.1. The Bertz CT molecular complexity index is 420. The Labute approximate surface area is 98.8 Å². The van der Waals surface area contributed by atoms with Crippen molar-refractivity contribution in [3.05, 3.63) is 35.6 Å². The number of carbonyl (C=O) groups excluding carboxylic acids is 2. The summed E-state index contributed by atoms with van der Waals surface area (Å²) < 4.78 is 17.5. The fourth-order valence-corrected chi connectivity index (χ4v) is 1.46. The van der Waals surface area contributed by atoms with E-state index < -0.39 is 18.0 Å². The second-order valence-electron chi connectivity index (χ2n) is 3.65. The molecule has 0 saturated carbocycles. The van der Waals surface area contributed by atoms with Crippen LogP contribution in [-0.4, -0.2) is 19.0 Å². The molecule has 0 unspecified atom stereocenters. The van der Waals surface area contributed by atoms with E-state index in [4.69, 9.17) is 0 Å². The maximum Gasteiger partial charge on any atom is 0.407 e. The summed E-state index contributed by atoms with van der Waals surface area (Å²) in [6.45, 7) is 1.41. The molecule has 0 radical (unpaired) electrons. The number of nitrogens with one attached hydrogen (secondary N) is 1. The van der Waals surface area contributed by atoms with Gasteiger partial charge in [-0.2, -0.15) is 0 Å². The molecule has 1 amide bonds. The summed E-state index contributed by atoms with van der Waals surface area (Å²) in [5.74, 6) is -0.515. The van der Waals surface area contributed by atoms with Crippen LogP contribution in [0.2, 0.25) is 0 Å². The topological polar surface area (TPSA) is 55.4 Å². The molecule has 5 heteroatoms. The van der Waals surface area contributed by atoms with Gasteiger partial charge in [-0.1, -0.05) is 12.1 Å². The van der Waals surface area contributed by atoms with Crippen LogP contribution in [-0.2, 0) is 9.53 Å². The number of ether oxygens (including phenoxy) is 1. The van der Waals surface area contributed by atoms with Gasteiger partial charge in [0, 0.05) is 6.42 Å². The molecule has 1 atom stereocenters. The SMILES string of the molecule is COC(=O)N[C@H](CC(C)=O)c1cccc(F)c1. The van der Waals surface area contributed by atoms with Gasteiger partial charge in [0.15, 0.2) is 0 Å². The second kappa shape index (κ2) is 5.98. The summed E-state index contributed by atoms with van der Waals surface area (Å²) in [6, 6.07) is 5.18. The fraction of sp³-hybridized carbons (Fsp3) is 0.333. The van der Waals surface area contributed by atoms with Crippen LogP contribution in [0.3, 0.4) is 0 Å². The Kier molecular flexibility index (Phi) is 4.63. The van der Waals surface area contributed by atoms with Crippen LogP contribution >= 0.6 is 0 Å². The molecule has 0 aliphatic rings. The Hall–Kier alpha value is -1.91. The molecule has 92 valence electrons. The van der Waals surface area contributed by atoms with Crippen LogP contribution < -0.4 is 5.32 Å². The monoisotopic (exact) mass is 239 g/mol. The Balaban J connectivity index is 2.89. The molecule has 0 aliphatic carbocycles. The number of carbonyl (C=O) groups is 2. The zero-order valence-electron chi connectivity index (χ0n) is 9.70. The molecule has 0 spiro atoms. The van der Waals surface area contributed by atoms with E-state index in [2.05, 4.69) is 10.1 Å². The first-order valence-corrected chi connectivity index (χ1v) is 5.12. The van der Waals surface area contributed by atoms with Crippen molar-refractivity contribution in [3.63, 3.8) is 0 Å². The highest BCUT2D eigenvalue weighted by Crippen LogP contribution is 2.18. The molecule has 0 heterocycles. The zero-order chi connectivity index (χ0) is 12.8. The summed E-state index contributed by atoms with van der Waals surface area (Å²) in [5.41, 5.74) is 0.533. The number of halogens is 1. The summed E-state index contributed by atoms with van der Waals surface area (Å²) in [4.78, 5) is 22.2. The number of methoxy groups -OCH3 is 1. The van der Waals surface area contributed by atoms with Crippen LogP contribution in [0.25, 0.3) is 0 Å². The molecule has 0 bridgehead atoms. The fourth-order valence-electron chi connectivity index (χ4n) is 1.46. The molecule has 1 N–H and O–H groups in total. The van der Waals surface area contributed by atoms with Crippen LogP contribution in [0.1, 0.15) is 24.9 Å². The van der Waals surface area contributed by atoms with Crippen molar-refractivity contribution in [3.8, 4) is 0 Å². The van der Waals surface area contributed by atoms with Gasteiger partial charge in [0.25, 0.3) is 0 Å². The minimum absolute atomic E-state index is 0.0958. The highest BCUT2D eigenvalue weighted by Gasteiger charge is 2.17. The van der Waals surface area contributed by atoms with E-state index in [1.54, 1.807) is 6.07 Å². The van der Waals surface area contributed by atoms with Crippen molar-refractivity contribution in [1.82, 2.24) is 5.32 Å². The smallest absolute Gasteiger partial charge is 0.407 e. The lowest BCUT2D eigenvalue weighted by atomic mass is 10.0. The first-order valence-electron chi connectivity index (χ1n) is 5.12. The summed E-state index contributed by atoms with van der Waals surface area (Å²) in [5, 5.41) is 2.49. The molecule has 4 nitrogen and oxygen atoms in total. The molecule has 1 aromatic carbocycles. The standard InChI is InChI=1S/C12H14FNO3/c1-8(15)6-11(14-12(16)17-2)9-4-3-5-10(13)7-9/h3-5,7,11H,6H2,1-2H3,(H,14,16)/t11-/m1/s1. The Morgan fingerprint density at radius 1 is 1.47 bits per heavy atom. The second-order valence-corrected chi connectivity index (χ2v) is 3.65.